The first kappa shape index (κ1) is 20.0. The summed E-state index contributed by atoms with van der Waals surface area (Å²) in [5, 5.41) is 17.0. The zero-order valence-electron chi connectivity index (χ0n) is 14.5. The number of aromatic hydroxyl groups is 1. The molecule has 8 heteroatoms. The molecule has 1 heterocycles. The lowest BCUT2D eigenvalue weighted by Gasteiger charge is -2.12. The number of ether oxygens (including phenoxy) is 1. The number of aromatic nitrogens is 1. The minimum Gasteiger partial charge on any atom is -1.00 e. The number of nitrogens with one attached hydrogen (secondary N) is 2. The Kier molecular flexibility index (Phi) is 6.56. The number of hydrogen-bond acceptors (Lipinski definition) is 4. The molecule has 0 atom stereocenters. The maximum absolute atomic E-state index is 12.2. The Balaban J connectivity index is 0.00000261. The summed E-state index contributed by atoms with van der Waals surface area (Å²) in [6.07, 6.45) is 2.91. The normalized spacial score (nSPS) is 9.96. The third kappa shape index (κ3) is 4.65. The largest absolute Gasteiger partial charge is 1.00 e. The number of fused-ring (bicyclic) bond motifs is 1. The van der Waals surface area contributed by atoms with Crippen molar-refractivity contribution in [1.82, 2.24) is 0 Å². The van der Waals surface area contributed by atoms with Crippen molar-refractivity contribution in [3.05, 3.63) is 60.9 Å². The van der Waals surface area contributed by atoms with E-state index in [1.807, 2.05) is 18.2 Å². The maximum Gasteiger partial charge on any atom is 0.411 e. The molecule has 0 aliphatic carbocycles. The van der Waals surface area contributed by atoms with Crippen molar-refractivity contribution < 1.29 is 36.4 Å². The molecule has 140 valence electrons. The summed E-state index contributed by atoms with van der Waals surface area (Å²) >= 11 is 0. The first-order valence-corrected chi connectivity index (χ1v) is 7.92. The van der Waals surface area contributed by atoms with Gasteiger partial charge in [0.25, 0.3) is 5.91 Å². The van der Waals surface area contributed by atoms with Gasteiger partial charge in [0.05, 0.1) is 18.5 Å². The Hall–Kier alpha value is -3.32. The van der Waals surface area contributed by atoms with Crippen LogP contribution >= 0.6 is 0 Å². The van der Waals surface area contributed by atoms with Crippen LogP contribution in [0.25, 0.3) is 10.8 Å². The highest BCUT2D eigenvalue weighted by Crippen LogP contribution is 2.37. The zero-order valence-corrected chi connectivity index (χ0v) is 15.2. The molecule has 2 amide bonds. The van der Waals surface area contributed by atoms with Crippen molar-refractivity contribution in [2.75, 3.05) is 17.7 Å². The van der Waals surface area contributed by atoms with Gasteiger partial charge in [-0.15, -0.1) is 0 Å². The van der Waals surface area contributed by atoms with Crippen LogP contribution in [0.2, 0.25) is 0 Å². The standard InChI is InChI=1S/C19H17N3O4.ClH/c1-26-19(25)21-14-7-5-6-13-8-9-15(18(24)17(13)14)20-16(23)12-22-10-3-2-4-11-22;/h2-11H,12H2,1H3,(H2-,20,21,23,24,25);1H. The van der Waals surface area contributed by atoms with E-state index in [1.165, 1.54) is 7.11 Å². The van der Waals surface area contributed by atoms with Gasteiger partial charge in [0.2, 0.25) is 6.54 Å². The smallest absolute Gasteiger partial charge is 0.411 e. The molecule has 27 heavy (non-hydrogen) atoms. The summed E-state index contributed by atoms with van der Waals surface area (Å²) in [4.78, 5) is 23.8. The lowest BCUT2D eigenvalue weighted by Crippen LogP contribution is -3.00. The van der Waals surface area contributed by atoms with Gasteiger partial charge in [0.1, 0.15) is 5.75 Å². The average molecular weight is 388 g/mol. The number of phenolic OH excluding ortho intramolecular Hbond substituents is 1. The number of phenols is 1. The molecule has 0 fully saturated rings. The molecule has 0 aliphatic rings. The van der Waals surface area contributed by atoms with E-state index in [0.29, 0.717) is 16.5 Å². The number of anilines is 2. The molecule has 0 saturated carbocycles. The van der Waals surface area contributed by atoms with Crippen LogP contribution in [0.5, 0.6) is 5.75 Å². The molecule has 7 nitrogen and oxygen atoms in total. The van der Waals surface area contributed by atoms with Gasteiger partial charge in [-0.1, -0.05) is 24.3 Å². The third-order valence-electron chi connectivity index (χ3n) is 3.82. The van der Waals surface area contributed by atoms with E-state index in [4.69, 9.17) is 0 Å². The van der Waals surface area contributed by atoms with Crippen LogP contribution in [0.4, 0.5) is 16.2 Å². The first-order valence-electron chi connectivity index (χ1n) is 7.92. The fourth-order valence-corrected chi connectivity index (χ4v) is 2.62. The lowest BCUT2D eigenvalue weighted by molar-refractivity contribution is -0.684. The van der Waals surface area contributed by atoms with E-state index >= 15 is 0 Å². The van der Waals surface area contributed by atoms with Crippen LogP contribution in [-0.2, 0) is 16.1 Å². The summed E-state index contributed by atoms with van der Waals surface area (Å²) in [6, 6.07) is 14.1. The van der Waals surface area contributed by atoms with Gasteiger partial charge < -0.3 is 27.6 Å². The number of rotatable bonds is 4. The van der Waals surface area contributed by atoms with E-state index < -0.39 is 6.09 Å². The van der Waals surface area contributed by atoms with Crippen LogP contribution in [-0.4, -0.2) is 24.2 Å². The molecular formula is C19H18ClN3O4. The first-order chi connectivity index (χ1) is 12.6. The van der Waals surface area contributed by atoms with Crippen molar-refractivity contribution in [2.24, 2.45) is 0 Å². The summed E-state index contributed by atoms with van der Waals surface area (Å²) in [7, 11) is 1.26. The summed E-state index contributed by atoms with van der Waals surface area (Å²) < 4.78 is 6.32. The Morgan fingerprint density at radius 3 is 2.44 bits per heavy atom. The van der Waals surface area contributed by atoms with Gasteiger partial charge in [-0.3, -0.25) is 10.1 Å². The number of hydrogen-bond donors (Lipinski definition) is 3. The Bertz CT molecular complexity index is 964. The molecule has 0 aliphatic heterocycles. The van der Waals surface area contributed by atoms with Gasteiger partial charge in [-0.2, -0.15) is 4.57 Å². The maximum atomic E-state index is 12.2. The molecule has 2 aromatic carbocycles. The molecule has 3 rings (SSSR count). The lowest BCUT2D eigenvalue weighted by atomic mass is 10.1. The predicted octanol–water partition coefficient (Wildman–Crippen LogP) is -0.346. The number of carbonyl (C=O) groups excluding carboxylic acids is 2. The molecule has 1 aromatic heterocycles. The second-order valence-corrected chi connectivity index (χ2v) is 5.58. The number of halogens is 1. The third-order valence-corrected chi connectivity index (χ3v) is 3.82. The summed E-state index contributed by atoms with van der Waals surface area (Å²) in [6.45, 7) is 0.111. The second-order valence-electron chi connectivity index (χ2n) is 5.58. The van der Waals surface area contributed by atoms with Crippen molar-refractivity contribution >= 4 is 34.1 Å². The summed E-state index contributed by atoms with van der Waals surface area (Å²) in [5.41, 5.74) is 0.651. The fourth-order valence-electron chi connectivity index (χ4n) is 2.62. The van der Waals surface area contributed by atoms with Gasteiger partial charge in [-0.05, 0) is 17.5 Å². The van der Waals surface area contributed by atoms with Gasteiger partial charge in [0, 0.05) is 17.5 Å². The molecule has 0 saturated heterocycles. The number of benzene rings is 2. The number of pyridine rings is 1. The van der Waals surface area contributed by atoms with Crippen molar-refractivity contribution in [3.8, 4) is 5.75 Å². The van der Waals surface area contributed by atoms with Crippen molar-refractivity contribution in [1.29, 1.82) is 0 Å². The monoisotopic (exact) mass is 387 g/mol. The van der Waals surface area contributed by atoms with Crippen LogP contribution in [0.1, 0.15) is 0 Å². The number of methoxy groups -OCH3 is 1. The number of amides is 2. The minimum atomic E-state index is -0.646. The SMILES string of the molecule is COC(=O)Nc1cccc2ccc(NC(=O)C[n+]3ccccc3)c(O)c12.[Cl-]. The highest BCUT2D eigenvalue weighted by Gasteiger charge is 2.16. The number of nitrogens with zero attached hydrogens (tertiary/aromatic N) is 1. The molecule has 0 radical (unpaired) electrons. The van der Waals surface area contributed by atoms with E-state index in [1.54, 1.807) is 47.3 Å². The van der Waals surface area contributed by atoms with Crippen molar-refractivity contribution in [2.45, 2.75) is 6.54 Å². The van der Waals surface area contributed by atoms with Crippen LogP contribution in [0, 0.1) is 0 Å². The molecule has 0 unspecified atom stereocenters. The topological polar surface area (TPSA) is 91.5 Å². The van der Waals surface area contributed by atoms with Crippen LogP contribution < -0.4 is 27.6 Å². The van der Waals surface area contributed by atoms with Gasteiger partial charge >= 0.3 is 6.09 Å². The quantitative estimate of drug-likeness (QED) is 0.422. The molecule has 3 aromatic rings. The Labute approximate surface area is 162 Å². The van der Waals surface area contributed by atoms with Gasteiger partial charge in [0.15, 0.2) is 12.4 Å². The second kappa shape index (κ2) is 8.86. The summed E-state index contributed by atoms with van der Waals surface area (Å²) in [5.74, 6) is -0.407. The number of carbonyl (C=O) groups is 2. The highest BCUT2D eigenvalue weighted by atomic mass is 35.5. The Morgan fingerprint density at radius 1 is 1.00 bits per heavy atom. The fraction of sp³-hybridized carbons (Fsp3) is 0.105. The molecular weight excluding hydrogens is 370 g/mol. The highest BCUT2D eigenvalue weighted by molar-refractivity contribution is 6.07. The van der Waals surface area contributed by atoms with Gasteiger partial charge in [-0.25, -0.2) is 4.79 Å². The predicted molar refractivity (Wildman–Crippen MR) is 96.9 cm³/mol. The van der Waals surface area contributed by atoms with E-state index in [-0.39, 0.29) is 36.3 Å². The van der Waals surface area contributed by atoms with E-state index in [9.17, 15) is 14.7 Å². The Morgan fingerprint density at radius 2 is 1.74 bits per heavy atom. The van der Waals surface area contributed by atoms with Crippen molar-refractivity contribution in [3.63, 3.8) is 0 Å². The zero-order chi connectivity index (χ0) is 18.5. The average Bonchev–Trinajstić information content (AvgIpc) is 2.65. The minimum absolute atomic E-state index is 0. The molecule has 3 N–H and O–H groups in total. The van der Waals surface area contributed by atoms with E-state index in [2.05, 4.69) is 15.4 Å². The molecule has 0 bridgehead atoms. The van der Waals surface area contributed by atoms with E-state index in [0.717, 1.165) is 0 Å². The molecule has 0 spiro atoms. The van der Waals surface area contributed by atoms with Crippen LogP contribution in [0.3, 0.4) is 0 Å². The van der Waals surface area contributed by atoms with Crippen LogP contribution in [0.15, 0.2) is 60.9 Å².